The normalized spacial score (nSPS) is 21.3. The van der Waals surface area contributed by atoms with Gasteiger partial charge >= 0.3 is 0 Å². The van der Waals surface area contributed by atoms with Gasteiger partial charge in [0.25, 0.3) is 0 Å². The molecule has 1 aliphatic rings. The number of nitrogens with one attached hydrogen (secondary N) is 1. The Hall–Kier alpha value is -0.340. The summed E-state index contributed by atoms with van der Waals surface area (Å²) in [6, 6.07) is 2.93. The summed E-state index contributed by atoms with van der Waals surface area (Å²) in [6.07, 6.45) is 8.27. The third kappa shape index (κ3) is 3.32. The summed E-state index contributed by atoms with van der Waals surface area (Å²) in [5.74, 6) is 0. The van der Waals surface area contributed by atoms with Gasteiger partial charge in [-0.1, -0.05) is 33.1 Å². The standard InChI is InChI=1S/C15H25NS/c1-3-16-14(11-13-7-10-17-12-13)15(2)8-5-4-6-9-15/h7,10,12,14,16H,3-6,8-9,11H2,1-2H3. The Balaban J connectivity index is 2.04. The Morgan fingerprint density at radius 3 is 2.71 bits per heavy atom. The summed E-state index contributed by atoms with van der Waals surface area (Å²) in [6.45, 7) is 5.81. The lowest BCUT2D eigenvalue weighted by atomic mass is 9.69. The molecule has 96 valence electrons. The monoisotopic (exact) mass is 251 g/mol. The Labute approximate surface area is 110 Å². The van der Waals surface area contributed by atoms with Gasteiger partial charge in [-0.3, -0.25) is 0 Å². The first-order chi connectivity index (χ1) is 8.24. The van der Waals surface area contributed by atoms with Crippen molar-refractivity contribution in [3.05, 3.63) is 22.4 Å². The van der Waals surface area contributed by atoms with E-state index in [9.17, 15) is 0 Å². The second-order valence-corrected chi connectivity index (χ2v) is 6.44. The Kier molecular flexibility index (Phi) is 4.63. The second kappa shape index (κ2) is 6.01. The van der Waals surface area contributed by atoms with Crippen molar-refractivity contribution < 1.29 is 0 Å². The molecule has 0 amide bonds. The van der Waals surface area contributed by atoms with Gasteiger partial charge in [-0.25, -0.2) is 0 Å². The van der Waals surface area contributed by atoms with Gasteiger partial charge in [-0.05, 0) is 53.6 Å². The summed E-state index contributed by atoms with van der Waals surface area (Å²) < 4.78 is 0. The molecule has 1 heterocycles. The maximum absolute atomic E-state index is 3.74. The molecule has 0 saturated heterocycles. The third-order valence-corrected chi connectivity index (χ3v) is 5.04. The van der Waals surface area contributed by atoms with E-state index in [0.29, 0.717) is 11.5 Å². The molecule has 0 aliphatic heterocycles. The molecule has 17 heavy (non-hydrogen) atoms. The molecule has 2 heteroatoms. The summed E-state index contributed by atoms with van der Waals surface area (Å²) in [4.78, 5) is 0. The molecule has 2 rings (SSSR count). The fraction of sp³-hybridized carbons (Fsp3) is 0.733. The van der Waals surface area contributed by atoms with E-state index in [1.807, 2.05) is 11.3 Å². The molecule has 0 aromatic carbocycles. The van der Waals surface area contributed by atoms with Gasteiger partial charge in [0.1, 0.15) is 0 Å². The average Bonchev–Trinajstić information content (AvgIpc) is 2.82. The molecule has 1 nitrogen and oxygen atoms in total. The zero-order valence-electron chi connectivity index (χ0n) is 11.2. The molecule has 1 aromatic rings. The van der Waals surface area contributed by atoms with Crippen LogP contribution in [0.15, 0.2) is 16.8 Å². The number of hydrogen-bond donors (Lipinski definition) is 1. The Morgan fingerprint density at radius 2 is 2.12 bits per heavy atom. The van der Waals surface area contributed by atoms with E-state index in [0.717, 1.165) is 6.54 Å². The van der Waals surface area contributed by atoms with E-state index < -0.39 is 0 Å². The smallest absolute Gasteiger partial charge is 0.0161 e. The van der Waals surface area contributed by atoms with Gasteiger partial charge in [-0.15, -0.1) is 0 Å². The van der Waals surface area contributed by atoms with Crippen LogP contribution in [0.4, 0.5) is 0 Å². The first-order valence-corrected chi connectivity index (χ1v) is 7.93. The van der Waals surface area contributed by atoms with E-state index in [1.54, 1.807) is 0 Å². The summed E-state index contributed by atoms with van der Waals surface area (Å²) in [5.41, 5.74) is 2.02. The lowest BCUT2D eigenvalue weighted by Gasteiger charge is -2.41. The van der Waals surface area contributed by atoms with Crippen LogP contribution in [0, 0.1) is 5.41 Å². The fourth-order valence-corrected chi connectivity index (χ4v) is 3.85. The molecule has 1 N–H and O–H groups in total. The van der Waals surface area contributed by atoms with Gasteiger partial charge in [-0.2, -0.15) is 11.3 Å². The summed E-state index contributed by atoms with van der Waals surface area (Å²) >= 11 is 1.82. The highest BCUT2D eigenvalue weighted by molar-refractivity contribution is 7.07. The van der Waals surface area contributed by atoms with Crippen molar-refractivity contribution >= 4 is 11.3 Å². The van der Waals surface area contributed by atoms with Gasteiger partial charge < -0.3 is 5.32 Å². The van der Waals surface area contributed by atoms with Gasteiger partial charge in [0.15, 0.2) is 0 Å². The predicted molar refractivity (Wildman–Crippen MR) is 76.7 cm³/mol. The topological polar surface area (TPSA) is 12.0 Å². The minimum absolute atomic E-state index is 0.510. The van der Waals surface area contributed by atoms with E-state index in [-0.39, 0.29) is 0 Å². The first kappa shape index (κ1) is 13.1. The molecule has 1 aliphatic carbocycles. The number of hydrogen-bond acceptors (Lipinski definition) is 2. The maximum atomic E-state index is 3.74. The Morgan fingerprint density at radius 1 is 1.35 bits per heavy atom. The SMILES string of the molecule is CCNC(Cc1ccsc1)C1(C)CCCCC1. The molecule has 1 fully saturated rings. The summed E-state index contributed by atoms with van der Waals surface area (Å²) in [5, 5.41) is 8.23. The zero-order chi connectivity index (χ0) is 12.1. The third-order valence-electron chi connectivity index (χ3n) is 4.31. The van der Waals surface area contributed by atoms with Crippen molar-refractivity contribution in [2.45, 2.75) is 58.4 Å². The van der Waals surface area contributed by atoms with E-state index in [4.69, 9.17) is 0 Å². The van der Waals surface area contributed by atoms with E-state index in [2.05, 4.69) is 36.0 Å². The molecule has 0 radical (unpaired) electrons. The van der Waals surface area contributed by atoms with Crippen molar-refractivity contribution in [1.82, 2.24) is 5.32 Å². The van der Waals surface area contributed by atoms with Crippen LogP contribution in [0.2, 0.25) is 0 Å². The van der Waals surface area contributed by atoms with Crippen molar-refractivity contribution in [2.24, 2.45) is 5.41 Å². The highest BCUT2D eigenvalue weighted by Crippen LogP contribution is 2.39. The van der Waals surface area contributed by atoms with Crippen LogP contribution >= 0.6 is 11.3 Å². The number of thiophene rings is 1. The lowest BCUT2D eigenvalue weighted by molar-refractivity contribution is 0.145. The molecule has 0 bridgehead atoms. The minimum atomic E-state index is 0.510. The zero-order valence-corrected chi connectivity index (χ0v) is 12.0. The molecule has 1 unspecified atom stereocenters. The van der Waals surface area contributed by atoms with E-state index in [1.165, 1.54) is 44.1 Å². The van der Waals surface area contributed by atoms with Crippen molar-refractivity contribution in [1.29, 1.82) is 0 Å². The van der Waals surface area contributed by atoms with Crippen molar-refractivity contribution in [3.8, 4) is 0 Å². The second-order valence-electron chi connectivity index (χ2n) is 5.66. The first-order valence-electron chi connectivity index (χ1n) is 6.99. The molecular formula is C15H25NS. The van der Waals surface area contributed by atoms with Crippen LogP contribution in [-0.2, 0) is 6.42 Å². The van der Waals surface area contributed by atoms with Crippen molar-refractivity contribution in [2.75, 3.05) is 6.54 Å². The largest absolute Gasteiger partial charge is 0.313 e. The van der Waals surface area contributed by atoms with Gasteiger partial charge in [0, 0.05) is 6.04 Å². The van der Waals surface area contributed by atoms with E-state index >= 15 is 0 Å². The molecule has 0 spiro atoms. The molecule has 1 aromatic heterocycles. The van der Waals surface area contributed by atoms with Crippen LogP contribution in [0.5, 0.6) is 0 Å². The van der Waals surface area contributed by atoms with Crippen LogP contribution < -0.4 is 5.32 Å². The molecular weight excluding hydrogens is 226 g/mol. The van der Waals surface area contributed by atoms with Crippen molar-refractivity contribution in [3.63, 3.8) is 0 Å². The maximum Gasteiger partial charge on any atom is 0.0161 e. The highest BCUT2D eigenvalue weighted by atomic mass is 32.1. The van der Waals surface area contributed by atoms with Crippen LogP contribution in [0.25, 0.3) is 0 Å². The van der Waals surface area contributed by atoms with Gasteiger partial charge in [0.2, 0.25) is 0 Å². The van der Waals surface area contributed by atoms with Crippen LogP contribution in [0.1, 0.15) is 51.5 Å². The molecule has 1 saturated carbocycles. The summed E-state index contributed by atoms with van der Waals surface area (Å²) in [7, 11) is 0. The highest BCUT2D eigenvalue weighted by Gasteiger charge is 2.34. The van der Waals surface area contributed by atoms with Crippen LogP contribution in [-0.4, -0.2) is 12.6 Å². The molecule has 1 atom stereocenters. The fourth-order valence-electron chi connectivity index (χ4n) is 3.16. The average molecular weight is 251 g/mol. The Bertz CT molecular complexity index is 312. The number of likely N-dealkylation sites (N-methyl/N-ethyl adjacent to an activating group) is 1. The number of rotatable bonds is 5. The van der Waals surface area contributed by atoms with Crippen LogP contribution in [0.3, 0.4) is 0 Å². The quantitative estimate of drug-likeness (QED) is 0.825. The lowest BCUT2D eigenvalue weighted by Crippen LogP contribution is -2.46. The predicted octanol–water partition coefficient (Wildman–Crippen LogP) is 4.24. The van der Waals surface area contributed by atoms with Gasteiger partial charge in [0.05, 0.1) is 0 Å². The minimum Gasteiger partial charge on any atom is -0.313 e.